The van der Waals surface area contributed by atoms with Crippen LogP contribution in [0.2, 0.25) is 0 Å². The fourth-order valence-corrected chi connectivity index (χ4v) is 3.71. The molecule has 0 radical (unpaired) electrons. The third-order valence-corrected chi connectivity index (χ3v) is 4.53. The van der Waals surface area contributed by atoms with Crippen LogP contribution in [-0.4, -0.2) is 57.6 Å². The Morgan fingerprint density at radius 3 is 2.46 bits per heavy atom. The van der Waals surface area contributed by atoms with E-state index in [2.05, 4.69) is 4.98 Å². The number of hydrogen-bond donors (Lipinski definition) is 1. The second-order valence-electron chi connectivity index (χ2n) is 7.90. The van der Waals surface area contributed by atoms with Gasteiger partial charge in [-0.3, -0.25) is 9.88 Å². The van der Waals surface area contributed by atoms with Crippen LogP contribution in [0, 0.1) is 0 Å². The molecule has 2 bridgehead atoms. The highest BCUT2D eigenvalue weighted by Crippen LogP contribution is 2.37. The summed E-state index contributed by atoms with van der Waals surface area (Å²) in [4.78, 5) is 18.3. The average Bonchev–Trinajstić information content (AvgIpc) is 2.45. The van der Waals surface area contributed by atoms with Gasteiger partial charge in [-0.1, -0.05) is 0 Å². The first-order valence-corrected chi connectivity index (χ1v) is 8.46. The number of pyridine rings is 1. The molecule has 2 fully saturated rings. The Morgan fingerprint density at radius 2 is 1.92 bits per heavy atom. The van der Waals surface area contributed by atoms with Crippen LogP contribution in [0.25, 0.3) is 0 Å². The van der Waals surface area contributed by atoms with Crippen molar-refractivity contribution in [1.82, 2.24) is 9.88 Å². The van der Waals surface area contributed by atoms with Gasteiger partial charge in [0.1, 0.15) is 5.60 Å². The van der Waals surface area contributed by atoms with Crippen LogP contribution in [0.4, 0.5) is 4.79 Å². The largest absolute Gasteiger partial charge is 0.444 e. The van der Waals surface area contributed by atoms with E-state index in [9.17, 15) is 9.90 Å². The quantitative estimate of drug-likeness (QED) is 0.897. The van der Waals surface area contributed by atoms with Crippen molar-refractivity contribution in [3.05, 3.63) is 30.1 Å². The summed E-state index contributed by atoms with van der Waals surface area (Å²) in [5.41, 5.74) is -0.312. The highest BCUT2D eigenvalue weighted by molar-refractivity contribution is 5.69. The zero-order chi connectivity index (χ0) is 17.4. The molecule has 1 N–H and O–H groups in total. The van der Waals surface area contributed by atoms with Crippen LogP contribution < -0.4 is 0 Å². The molecule has 132 valence electrons. The van der Waals surface area contributed by atoms with Gasteiger partial charge < -0.3 is 14.6 Å². The first kappa shape index (κ1) is 17.2. The molecule has 0 spiro atoms. The van der Waals surface area contributed by atoms with Crippen LogP contribution in [0.15, 0.2) is 24.5 Å². The third kappa shape index (κ3) is 3.87. The number of ether oxygens (including phenoxy) is 2. The average molecular weight is 334 g/mol. The monoisotopic (exact) mass is 334 g/mol. The first-order chi connectivity index (χ1) is 11.3. The van der Waals surface area contributed by atoms with Crippen LogP contribution in [0.1, 0.15) is 39.2 Å². The fraction of sp³-hybridized carbons (Fsp3) is 0.667. The Bertz CT molecular complexity index is 570. The van der Waals surface area contributed by atoms with Crippen molar-refractivity contribution in [3.8, 4) is 0 Å². The molecular weight excluding hydrogens is 308 g/mol. The van der Waals surface area contributed by atoms with Crippen LogP contribution >= 0.6 is 0 Å². The number of fused-ring (bicyclic) bond motifs is 2. The van der Waals surface area contributed by atoms with Gasteiger partial charge in [0.05, 0.1) is 30.9 Å². The second-order valence-corrected chi connectivity index (χ2v) is 7.90. The zero-order valence-corrected chi connectivity index (χ0v) is 14.6. The van der Waals surface area contributed by atoms with E-state index in [1.165, 1.54) is 0 Å². The number of carbonyl (C=O) groups excluding carboxylic acids is 1. The fourth-order valence-electron chi connectivity index (χ4n) is 3.71. The van der Waals surface area contributed by atoms with Gasteiger partial charge in [0.15, 0.2) is 0 Å². The molecule has 0 aromatic carbocycles. The number of rotatable bonds is 2. The summed E-state index contributed by atoms with van der Waals surface area (Å²) in [5.74, 6) is 0. The summed E-state index contributed by atoms with van der Waals surface area (Å²) >= 11 is 0. The van der Waals surface area contributed by atoms with Gasteiger partial charge in [-0.05, 0) is 51.3 Å². The molecule has 2 aliphatic rings. The molecule has 2 unspecified atom stereocenters. The lowest BCUT2D eigenvalue weighted by Crippen LogP contribution is -2.64. The Hall–Kier alpha value is -1.66. The molecule has 6 nitrogen and oxygen atoms in total. The first-order valence-electron chi connectivity index (χ1n) is 8.46. The molecule has 1 aromatic rings. The van der Waals surface area contributed by atoms with Gasteiger partial charge in [-0.2, -0.15) is 0 Å². The summed E-state index contributed by atoms with van der Waals surface area (Å²) in [6.07, 6.45) is 4.70. The van der Waals surface area contributed by atoms with Crippen LogP contribution in [-0.2, 0) is 15.9 Å². The Morgan fingerprint density at radius 1 is 1.33 bits per heavy atom. The maximum absolute atomic E-state index is 12.6. The number of carbonyl (C=O) groups is 1. The van der Waals surface area contributed by atoms with Crippen molar-refractivity contribution in [2.75, 3.05) is 13.2 Å². The minimum absolute atomic E-state index is 0.154. The molecule has 1 aromatic heterocycles. The van der Waals surface area contributed by atoms with Crippen molar-refractivity contribution >= 4 is 6.09 Å². The molecule has 3 rings (SSSR count). The number of aliphatic hydroxyl groups is 1. The Labute approximate surface area is 142 Å². The van der Waals surface area contributed by atoms with Gasteiger partial charge in [0.25, 0.3) is 0 Å². The van der Waals surface area contributed by atoms with E-state index in [0.717, 1.165) is 5.56 Å². The molecule has 24 heavy (non-hydrogen) atoms. The highest BCUT2D eigenvalue weighted by atomic mass is 16.6. The molecule has 2 aliphatic heterocycles. The topological polar surface area (TPSA) is 71.9 Å². The number of nitrogens with zero attached hydrogens (tertiary/aromatic N) is 2. The molecular formula is C18H26N2O4. The highest BCUT2D eigenvalue weighted by Gasteiger charge is 2.49. The van der Waals surface area contributed by atoms with E-state index in [-0.39, 0.29) is 18.2 Å². The molecule has 3 heterocycles. The minimum Gasteiger partial charge on any atom is -0.444 e. The van der Waals surface area contributed by atoms with Gasteiger partial charge in [0, 0.05) is 18.8 Å². The minimum atomic E-state index is -0.834. The number of hydrogen-bond acceptors (Lipinski definition) is 5. The molecule has 0 aliphatic carbocycles. The lowest BCUT2D eigenvalue weighted by atomic mass is 9.78. The van der Waals surface area contributed by atoms with Gasteiger partial charge in [-0.25, -0.2) is 4.79 Å². The third-order valence-electron chi connectivity index (χ3n) is 4.53. The van der Waals surface area contributed by atoms with E-state index in [4.69, 9.17) is 9.47 Å². The molecule has 6 heteroatoms. The van der Waals surface area contributed by atoms with E-state index >= 15 is 0 Å². The molecule has 1 amide bonds. The maximum atomic E-state index is 12.6. The van der Waals surface area contributed by atoms with Crippen molar-refractivity contribution < 1.29 is 19.4 Å². The zero-order valence-electron chi connectivity index (χ0n) is 14.6. The smallest absolute Gasteiger partial charge is 0.410 e. The van der Waals surface area contributed by atoms with Gasteiger partial charge in [-0.15, -0.1) is 0 Å². The van der Waals surface area contributed by atoms with Crippen molar-refractivity contribution in [2.45, 2.75) is 63.3 Å². The predicted molar refractivity (Wildman–Crippen MR) is 88.6 cm³/mol. The van der Waals surface area contributed by atoms with Gasteiger partial charge >= 0.3 is 6.09 Å². The SMILES string of the molecule is CC(C)(C)OC(=O)N1C2COCC1CC(O)(Cc1ccncc1)C2. The van der Waals surface area contributed by atoms with E-state index in [1.54, 1.807) is 17.3 Å². The second kappa shape index (κ2) is 6.33. The summed E-state index contributed by atoms with van der Waals surface area (Å²) in [5, 5.41) is 11.1. The van der Waals surface area contributed by atoms with Crippen molar-refractivity contribution in [2.24, 2.45) is 0 Å². The summed E-state index contributed by atoms with van der Waals surface area (Å²) in [6, 6.07) is 3.54. The van der Waals surface area contributed by atoms with E-state index in [0.29, 0.717) is 32.5 Å². The summed E-state index contributed by atoms with van der Waals surface area (Å²) in [6.45, 7) is 6.46. The number of morpholine rings is 1. The number of piperidine rings is 1. The molecule has 2 atom stereocenters. The van der Waals surface area contributed by atoms with Crippen LogP contribution in [0.3, 0.4) is 0 Å². The lowest BCUT2D eigenvalue weighted by Gasteiger charge is -2.51. The number of amides is 1. The number of aromatic nitrogens is 1. The van der Waals surface area contributed by atoms with Gasteiger partial charge in [0.2, 0.25) is 0 Å². The summed E-state index contributed by atoms with van der Waals surface area (Å²) < 4.78 is 11.2. The molecule has 0 saturated carbocycles. The predicted octanol–water partition coefficient (Wildman–Crippen LogP) is 2.15. The van der Waals surface area contributed by atoms with Crippen molar-refractivity contribution in [1.29, 1.82) is 0 Å². The lowest BCUT2D eigenvalue weighted by molar-refractivity contribution is -0.137. The Balaban J connectivity index is 1.74. The van der Waals surface area contributed by atoms with E-state index < -0.39 is 11.2 Å². The van der Waals surface area contributed by atoms with Crippen LogP contribution in [0.5, 0.6) is 0 Å². The van der Waals surface area contributed by atoms with E-state index in [1.807, 2.05) is 32.9 Å². The Kier molecular flexibility index (Phi) is 4.53. The van der Waals surface area contributed by atoms with Crippen molar-refractivity contribution in [3.63, 3.8) is 0 Å². The molecule has 2 saturated heterocycles. The standard InChI is InChI=1S/C18H26N2O4/c1-17(2,3)24-16(21)20-14-9-18(22,10-15(20)12-23-11-14)8-13-4-6-19-7-5-13/h4-7,14-15,22H,8-12H2,1-3H3. The normalized spacial score (nSPS) is 30.1. The maximum Gasteiger partial charge on any atom is 0.410 e. The summed E-state index contributed by atoms with van der Waals surface area (Å²) in [7, 11) is 0.